The van der Waals surface area contributed by atoms with Crippen molar-refractivity contribution >= 4 is 40.7 Å². The normalized spacial score (nSPS) is 26.6. The molecule has 1 atom stereocenters. The van der Waals surface area contributed by atoms with Crippen molar-refractivity contribution in [2.75, 3.05) is 6.54 Å². The van der Waals surface area contributed by atoms with Crippen molar-refractivity contribution in [3.05, 3.63) is 23.1 Å². The molecule has 27 heavy (non-hydrogen) atoms. The molecule has 144 valence electrons. The van der Waals surface area contributed by atoms with Crippen molar-refractivity contribution in [1.82, 2.24) is 9.96 Å². The number of amides is 4. The zero-order chi connectivity index (χ0) is 19.7. The lowest BCUT2D eigenvalue weighted by Crippen LogP contribution is -2.39. The summed E-state index contributed by atoms with van der Waals surface area (Å²) in [4.78, 5) is 64.0. The van der Waals surface area contributed by atoms with Gasteiger partial charge in [-0.1, -0.05) is 5.06 Å². The second-order valence-electron chi connectivity index (χ2n) is 6.43. The third-order valence-electron chi connectivity index (χ3n) is 4.73. The Balaban J connectivity index is 1.50. The summed E-state index contributed by atoms with van der Waals surface area (Å²) in [5, 5.41) is 0.146. The highest BCUT2D eigenvalue weighted by atomic mass is 32.2. The fourth-order valence-corrected chi connectivity index (χ4v) is 3.68. The SMILES string of the molecule is O=C(ON1C(=O)C=C(S(=O)[O-])C1=O)C1CCC(CN2C(=O)C=CC2=O)CC1. The fraction of sp³-hybridized carbons (Fsp3) is 0.438. The van der Waals surface area contributed by atoms with Crippen LogP contribution in [0.25, 0.3) is 0 Å². The molecule has 0 saturated heterocycles. The molecule has 3 aliphatic rings. The lowest BCUT2D eigenvalue weighted by atomic mass is 9.82. The Hall–Kier alpha value is -2.66. The number of carbonyl (C=O) groups excluding carboxylic acids is 5. The van der Waals surface area contributed by atoms with Crippen LogP contribution in [0.5, 0.6) is 0 Å². The number of hydroxylamine groups is 2. The zero-order valence-corrected chi connectivity index (χ0v) is 14.8. The van der Waals surface area contributed by atoms with Gasteiger partial charge in [0, 0.05) is 24.8 Å². The molecule has 1 saturated carbocycles. The first-order valence-corrected chi connectivity index (χ1v) is 9.30. The van der Waals surface area contributed by atoms with Crippen LogP contribution in [0.2, 0.25) is 0 Å². The van der Waals surface area contributed by atoms with E-state index in [2.05, 4.69) is 0 Å². The van der Waals surface area contributed by atoms with E-state index in [1.807, 2.05) is 0 Å². The van der Waals surface area contributed by atoms with Crippen LogP contribution in [0.3, 0.4) is 0 Å². The van der Waals surface area contributed by atoms with E-state index in [0.29, 0.717) is 31.8 Å². The summed E-state index contributed by atoms with van der Waals surface area (Å²) < 4.78 is 21.7. The second kappa shape index (κ2) is 7.53. The molecule has 0 N–H and O–H groups in total. The predicted octanol–water partition coefficient (Wildman–Crippen LogP) is -0.692. The monoisotopic (exact) mass is 395 g/mol. The average Bonchev–Trinajstić information content (AvgIpc) is 3.10. The number of hydrogen-bond donors (Lipinski definition) is 0. The van der Waals surface area contributed by atoms with Gasteiger partial charge >= 0.3 is 11.9 Å². The molecule has 0 radical (unpaired) electrons. The maximum atomic E-state index is 12.2. The van der Waals surface area contributed by atoms with E-state index in [4.69, 9.17) is 4.84 Å². The molecule has 0 bridgehead atoms. The van der Waals surface area contributed by atoms with Crippen LogP contribution in [-0.2, 0) is 39.9 Å². The minimum Gasteiger partial charge on any atom is -0.768 e. The minimum absolute atomic E-state index is 0.0491. The third-order valence-corrected chi connectivity index (χ3v) is 5.38. The van der Waals surface area contributed by atoms with Gasteiger partial charge in [0.1, 0.15) is 0 Å². The molecule has 0 aromatic heterocycles. The van der Waals surface area contributed by atoms with Crippen molar-refractivity contribution < 1.29 is 37.6 Å². The Labute approximate surface area is 156 Å². The zero-order valence-electron chi connectivity index (χ0n) is 14.0. The van der Waals surface area contributed by atoms with Gasteiger partial charge in [0.05, 0.1) is 10.8 Å². The van der Waals surface area contributed by atoms with Crippen LogP contribution >= 0.6 is 0 Å². The minimum atomic E-state index is -2.90. The van der Waals surface area contributed by atoms with Gasteiger partial charge in [0.2, 0.25) is 0 Å². The average molecular weight is 395 g/mol. The van der Waals surface area contributed by atoms with E-state index in [9.17, 15) is 32.7 Å². The molecule has 4 amide bonds. The largest absolute Gasteiger partial charge is 0.768 e. The van der Waals surface area contributed by atoms with Gasteiger partial charge in [0.15, 0.2) is 0 Å². The molecule has 3 rings (SSSR count). The van der Waals surface area contributed by atoms with Gasteiger partial charge in [-0.25, -0.2) is 4.79 Å². The van der Waals surface area contributed by atoms with E-state index in [1.54, 1.807) is 0 Å². The molecule has 2 aliphatic heterocycles. The number of rotatable bonds is 5. The van der Waals surface area contributed by atoms with E-state index >= 15 is 0 Å². The number of imide groups is 2. The van der Waals surface area contributed by atoms with Gasteiger partial charge in [-0.05, 0) is 42.7 Å². The van der Waals surface area contributed by atoms with Crippen molar-refractivity contribution in [3.8, 4) is 0 Å². The highest BCUT2D eigenvalue weighted by molar-refractivity contribution is 7.84. The topological polar surface area (TPSA) is 141 Å². The molecule has 11 heteroatoms. The second-order valence-corrected chi connectivity index (χ2v) is 7.34. The van der Waals surface area contributed by atoms with Crippen LogP contribution in [0.15, 0.2) is 23.1 Å². The molecule has 1 fully saturated rings. The molecular formula is C16H15N2O8S-. The summed E-state index contributed by atoms with van der Waals surface area (Å²) in [7, 11) is 0. The van der Waals surface area contributed by atoms with Gasteiger partial charge < -0.3 is 9.39 Å². The van der Waals surface area contributed by atoms with E-state index < -0.39 is 39.7 Å². The Bertz CT molecular complexity index is 791. The Morgan fingerprint density at radius 1 is 1.07 bits per heavy atom. The molecule has 1 unspecified atom stereocenters. The summed E-state index contributed by atoms with van der Waals surface area (Å²) in [6, 6.07) is 0. The van der Waals surface area contributed by atoms with E-state index in [-0.39, 0.29) is 29.3 Å². The van der Waals surface area contributed by atoms with Gasteiger partial charge in [-0.2, -0.15) is 0 Å². The molecule has 0 spiro atoms. The lowest BCUT2D eigenvalue weighted by Gasteiger charge is -2.29. The fourth-order valence-electron chi connectivity index (χ4n) is 3.25. The van der Waals surface area contributed by atoms with Crippen molar-refractivity contribution in [2.45, 2.75) is 25.7 Å². The number of hydrogen-bond acceptors (Lipinski definition) is 8. The summed E-state index contributed by atoms with van der Waals surface area (Å²) in [6.45, 7) is 0.276. The van der Waals surface area contributed by atoms with Crippen molar-refractivity contribution in [1.29, 1.82) is 0 Å². The van der Waals surface area contributed by atoms with Crippen LogP contribution in [0, 0.1) is 11.8 Å². The quantitative estimate of drug-likeness (QED) is 0.440. The standard InChI is InChI=1S/C16H16N2O8S/c19-12-5-6-13(20)17(12)8-9-1-3-10(4-2-9)16(23)26-18-14(21)7-11(15(18)22)27(24)25/h5-7,9-10H,1-4,8H2,(H,24,25)/p-1. The van der Waals surface area contributed by atoms with Crippen molar-refractivity contribution in [2.24, 2.45) is 11.8 Å². The van der Waals surface area contributed by atoms with Crippen LogP contribution in [0.4, 0.5) is 0 Å². The highest BCUT2D eigenvalue weighted by Crippen LogP contribution is 2.31. The van der Waals surface area contributed by atoms with Gasteiger partial charge in [0.25, 0.3) is 17.7 Å². The Morgan fingerprint density at radius 2 is 1.67 bits per heavy atom. The summed E-state index contributed by atoms with van der Waals surface area (Å²) in [5.74, 6) is -4.25. The third kappa shape index (κ3) is 3.88. The summed E-state index contributed by atoms with van der Waals surface area (Å²) in [6.07, 6.45) is 4.95. The first-order valence-electron chi connectivity index (χ1n) is 8.22. The number of carbonyl (C=O) groups is 5. The maximum Gasteiger partial charge on any atom is 0.336 e. The predicted molar refractivity (Wildman–Crippen MR) is 86.3 cm³/mol. The smallest absolute Gasteiger partial charge is 0.336 e. The molecule has 0 aromatic carbocycles. The lowest BCUT2D eigenvalue weighted by molar-refractivity contribution is -0.200. The first kappa shape index (κ1) is 19.1. The highest BCUT2D eigenvalue weighted by Gasteiger charge is 2.38. The number of nitrogens with zero attached hydrogens (tertiary/aromatic N) is 2. The molecule has 10 nitrogen and oxygen atoms in total. The molecule has 0 aromatic rings. The Kier molecular flexibility index (Phi) is 5.33. The van der Waals surface area contributed by atoms with Crippen LogP contribution in [0.1, 0.15) is 25.7 Å². The van der Waals surface area contributed by atoms with Crippen LogP contribution in [-0.4, -0.2) is 54.9 Å². The van der Waals surface area contributed by atoms with Gasteiger partial charge in [-0.3, -0.25) is 28.3 Å². The van der Waals surface area contributed by atoms with Crippen molar-refractivity contribution in [3.63, 3.8) is 0 Å². The first-order chi connectivity index (χ1) is 12.8. The van der Waals surface area contributed by atoms with E-state index in [1.165, 1.54) is 12.2 Å². The molecule has 1 aliphatic carbocycles. The van der Waals surface area contributed by atoms with Gasteiger partial charge in [-0.15, -0.1) is 0 Å². The summed E-state index contributed by atoms with van der Waals surface area (Å²) in [5.41, 5.74) is 0. The van der Waals surface area contributed by atoms with Crippen LogP contribution < -0.4 is 0 Å². The molecule has 2 heterocycles. The van der Waals surface area contributed by atoms with E-state index in [0.717, 1.165) is 4.90 Å². The molecular weight excluding hydrogens is 380 g/mol. The summed E-state index contributed by atoms with van der Waals surface area (Å²) >= 11 is -2.90. The Morgan fingerprint density at radius 3 is 2.19 bits per heavy atom. The maximum absolute atomic E-state index is 12.2.